The lowest BCUT2D eigenvalue weighted by Crippen LogP contribution is -2.18. The molecule has 3 aromatic carbocycles. The van der Waals surface area contributed by atoms with Gasteiger partial charge in [0.25, 0.3) is 5.91 Å². The summed E-state index contributed by atoms with van der Waals surface area (Å²) >= 11 is 0. The molecule has 0 aliphatic heterocycles. The maximum absolute atomic E-state index is 13.1. The molecule has 0 saturated heterocycles. The van der Waals surface area contributed by atoms with E-state index in [0.29, 0.717) is 18.1 Å². The number of rotatable bonds is 9. The maximum atomic E-state index is 13.1. The van der Waals surface area contributed by atoms with Crippen molar-refractivity contribution in [2.75, 3.05) is 6.61 Å². The number of pyridine rings is 1. The number of para-hydroxylation sites is 1. The Morgan fingerprint density at radius 1 is 1.03 bits per heavy atom. The molecule has 0 fully saturated rings. The summed E-state index contributed by atoms with van der Waals surface area (Å²) in [5.74, 6) is 0.966. The monoisotopic (exact) mass is 465 g/mol. The number of amides is 1. The van der Waals surface area contributed by atoms with Crippen LogP contribution in [0.5, 0.6) is 5.75 Å². The van der Waals surface area contributed by atoms with Crippen LogP contribution in [0.15, 0.2) is 84.0 Å². The van der Waals surface area contributed by atoms with Crippen LogP contribution < -0.4 is 10.2 Å². The summed E-state index contributed by atoms with van der Waals surface area (Å²) in [6.45, 7) is 7.15. The van der Waals surface area contributed by atoms with Crippen molar-refractivity contribution >= 4 is 23.0 Å². The summed E-state index contributed by atoms with van der Waals surface area (Å²) in [7, 11) is 0. The van der Waals surface area contributed by atoms with Crippen LogP contribution in [0.3, 0.4) is 0 Å². The van der Waals surface area contributed by atoms with Gasteiger partial charge in [0, 0.05) is 10.9 Å². The number of hydrogen-bond acceptors (Lipinski definition) is 4. The first-order chi connectivity index (χ1) is 17.0. The van der Waals surface area contributed by atoms with Crippen molar-refractivity contribution < 1.29 is 9.53 Å². The molecule has 4 aromatic rings. The average Bonchev–Trinajstić information content (AvgIpc) is 2.88. The van der Waals surface area contributed by atoms with Crippen LogP contribution >= 0.6 is 0 Å². The molecule has 0 bridgehead atoms. The lowest BCUT2D eigenvalue weighted by atomic mass is 9.99. The van der Waals surface area contributed by atoms with Crippen LogP contribution in [0.25, 0.3) is 22.2 Å². The summed E-state index contributed by atoms with van der Waals surface area (Å²) in [6.07, 6.45) is 3.72. The quantitative estimate of drug-likeness (QED) is 0.165. The molecule has 0 atom stereocenters. The van der Waals surface area contributed by atoms with Gasteiger partial charge in [-0.3, -0.25) is 4.79 Å². The third-order valence-corrected chi connectivity index (χ3v) is 5.84. The van der Waals surface area contributed by atoms with E-state index in [1.165, 1.54) is 5.56 Å². The number of ether oxygens (including phenoxy) is 1. The van der Waals surface area contributed by atoms with E-state index >= 15 is 0 Å². The zero-order valence-corrected chi connectivity index (χ0v) is 20.5. The van der Waals surface area contributed by atoms with Gasteiger partial charge in [-0.2, -0.15) is 5.10 Å². The molecule has 178 valence electrons. The van der Waals surface area contributed by atoms with E-state index in [1.807, 2.05) is 54.6 Å². The Morgan fingerprint density at radius 3 is 2.60 bits per heavy atom. The Labute approximate surface area is 206 Å². The number of benzene rings is 3. The van der Waals surface area contributed by atoms with Crippen LogP contribution in [0.4, 0.5) is 0 Å². The predicted molar refractivity (Wildman–Crippen MR) is 143 cm³/mol. The first-order valence-electron chi connectivity index (χ1n) is 12.1. The molecule has 4 rings (SSSR count). The topological polar surface area (TPSA) is 63.6 Å². The Balaban J connectivity index is 1.56. The van der Waals surface area contributed by atoms with Crippen molar-refractivity contribution in [1.29, 1.82) is 0 Å². The summed E-state index contributed by atoms with van der Waals surface area (Å²) < 4.78 is 5.75. The molecular formula is C30H31N3O2. The highest BCUT2D eigenvalue weighted by Crippen LogP contribution is 2.26. The minimum absolute atomic E-state index is 0.282. The molecular weight excluding hydrogens is 434 g/mol. The van der Waals surface area contributed by atoms with Gasteiger partial charge < -0.3 is 4.74 Å². The second kappa shape index (κ2) is 11.4. The lowest BCUT2D eigenvalue weighted by Gasteiger charge is -2.10. The Morgan fingerprint density at radius 2 is 1.83 bits per heavy atom. The highest BCUT2D eigenvalue weighted by Gasteiger charge is 2.14. The number of fused-ring (bicyclic) bond motifs is 1. The lowest BCUT2D eigenvalue weighted by molar-refractivity contribution is 0.0956. The average molecular weight is 466 g/mol. The third-order valence-electron chi connectivity index (χ3n) is 5.84. The van der Waals surface area contributed by atoms with E-state index in [-0.39, 0.29) is 5.91 Å². The van der Waals surface area contributed by atoms with E-state index in [0.717, 1.165) is 46.3 Å². The van der Waals surface area contributed by atoms with E-state index in [9.17, 15) is 4.79 Å². The third kappa shape index (κ3) is 6.12. The molecule has 35 heavy (non-hydrogen) atoms. The second-order valence-corrected chi connectivity index (χ2v) is 8.82. The zero-order chi connectivity index (χ0) is 24.6. The number of hydrogen-bond donors (Lipinski definition) is 1. The summed E-state index contributed by atoms with van der Waals surface area (Å²) in [5.41, 5.74) is 7.82. The van der Waals surface area contributed by atoms with E-state index in [1.54, 1.807) is 6.21 Å². The van der Waals surface area contributed by atoms with Crippen molar-refractivity contribution in [3.63, 3.8) is 0 Å². The fourth-order valence-corrected chi connectivity index (χ4v) is 3.79. The van der Waals surface area contributed by atoms with Crippen LogP contribution in [-0.4, -0.2) is 23.7 Å². The van der Waals surface area contributed by atoms with Gasteiger partial charge in [-0.25, -0.2) is 10.4 Å². The SMILES string of the molecule is CCCCOc1cccc(C=NNC(=O)c2cc(-c3ccc(C(C)C)cc3)nc3ccccc23)c1. The Bertz CT molecular complexity index is 1330. The Kier molecular flexibility index (Phi) is 7.88. The number of carbonyl (C=O) groups is 1. The van der Waals surface area contributed by atoms with Gasteiger partial charge in [0.05, 0.1) is 29.6 Å². The first kappa shape index (κ1) is 24.1. The first-order valence-corrected chi connectivity index (χ1v) is 12.1. The summed E-state index contributed by atoms with van der Waals surface area (Å²) in [5, 5.41) is 4.98. The Hall–Kier alpha value is -3.99. The van der Waals surface area contributed by atoms with Crippen molar-refractivity contribution in [2.45, 2.75) is 39.5 Å². The molecule has 0 aliphatic carbocycles. The predicted octanol–water partition coefficient (Wildman–Crippen LogP) is 6.97. The molecule has 1 N–H and O–H groups in total. The summed E-state index contributed by atoms with van der Waals surface area (Å²) in [4.78, 5) is 17.9. The van der Waals surface area contributed by atoms with Crippen molar-refractivity contribution in [2.24, 2.45) is 5.10 Å². The molecule has 1 amide bonds. The highest BCUT2D eigenvalue weighted by atomic mass is 16.5. The fourth-order valence-electron chi connectivity index (χ4n) is 3.79. The van der Waals surface area contributed by atoms with Gasteiger partial charge in [0.15, 0.2) is 0 Å². The van der Waals surface area contributed by atoms with Gasteiger partial charge in [0.2, 0.25) is 0 Å². The number of unbranched alkanes of at least 4 members (excludes halogenated alkanes) is 1. The van der Waals surface area contributed by atoms with Crippen molar-refractivity contribution in [3.05, 3.63) is 95.6 Å². The van der Waals surface area contributed by atoms with Gasteiger partial charge in [-0.1, -0.05) is 81.8 Å². The van der Waals surface area contributed by atoms with Gasteiger partial charge in [-0.05, 0) is 47.7 Å². The molecule has 0 saturated carbocycles. The summed E-state index contributed by atoms with van der Waals surface area (Å²) in [6, 6.07) is 25.5. The second-order valence-electron chi connectivity index (χ2n) is 8.82. The minimum atomic E-state index is -0.282. The van der Waals surface area contributed by atoms with Crippen LogP contribution in [0.1, 0.15) is 61.0 Å². The molecule has 0 unspecified atom stereocenters. The standard InChI is InChI=1S/C30H31N3O2/c1-4-5-17-35-25-10-8-9-22(18-25)20-31-33-30(34)27-19-29(32-28-12-7-6-11-26(27)28)24-15-13-23(14-16-24)21(2)3/h6-16,18-21H,4-5,17H2,1-3H3,(H,33,34). The fraction of sp³-hybridized carbons (Fsp3) is 0.233. The van der Waals surface area contributed by atoms with Crippen LogP contribution in [-0.2, 0) is 0 Å². The minimum Gasteiger partial charge on any atom is -0.494 e. The largest absolute Gasteiger partial charge is 0.494 e. The molecule has 1 aromatic heterocycles. The smallest absolute Gasteiger partial charge is 0.272 e. The number of nitrogens with one attached hydrogen (secondary N) is 1. The molecule has 0 aliphatic rings. The van der Waals surface area contributed by atoms with Crippen molar-refractivity contribution in [3.8, 4) is 17.0 Å². The van der Waals surface area contributed by atoms with Crippen molar-refractivity contribution in [1.82, 2.24) is 10.4 Å². The highest BCUT2D eigenvalue weighted by molar-refractivity contribution is 6.07. The van der Waals surface area contributed by atoms with Crippen LogP contribution in [0.2, 0.25) is 0 Å². The maximum Gasteiger partial charge on any atom is 0.272 e. The molecule has 5 nitrogen and oxygen atoms in total. The number of nitrogens with zero attached hydrogens (tertiary/aromatic N) is 2. The normalized spacial score (nSPS) is 11.3. The molecule has 1 heterocycles. The van der Waals surface area contributed by atoms with Crippen LogP contribution in [0, 0.1) is 0 Å². The number of carbonyl (C=O) groups excluding carboxylic acids is 1. The molecule has 5 heteroatoms. The van der Waals surface area contributed by atoms with Gasteiger partial charge in [0.1, 0.15) is 5.75 Å². The van der Waals surface area contributed by atoms with E-state index in [2.05, 4.69) is 55.6 Å². The van der Waals surface area contributed by atoms with Gasteiger partial charge >= 0.3 is 0 Å². The van der Waals surface area contributed by atoms with Gasteiger partial charge in [-0.15, -0.1) is 0 Å². The number of hydrazone groups is 1. The zero-order valence-electron chi connectivity index (χ0n) is 20.5. The number of aromatic nitrogens is 1. The molecule has 0 radical (unpaired) electrons. The van der Waals surface area contributed by atoms with E-state index in [4.69, 9.17) is 9.72 Å². The van der Waals surface area contributed by atoms with E-state index < -0.39 is 0 Å². The molecule has 0 spiro atoms.